The average molecular weight is 216 g/mol. The first-order chi connectivity index (χ1) is 6.40. The molecular weight excluding hydrogens is 204 g/mol. The second-order valence-electron chi connectivity index (χ2n) is 2.92. The summed E-state index contributed by atoms with van der Waals surface area (Å²) < 4.78 is 23.8. The van der Waals surface area contributed by atoms with Crippen LogP contribution >= 0.6 is 0 Å². The van der Waals surface area contributed by atoms with E-state index in [4.69, 9.17) is 5.14 Å². The highest BCUT2D eigenvalue weighted by Gasteiger charge is 2.09. The van der Waals surface area contributed by atoms with Crippen molar-refractivity contribution in [2.75, 3.05) is 23.7 Å². The zero-order chi connectivity index (χ0) is 10.8. The zero-order valence-corrected chi connectivity index (χ0v) is 8.75. The molecule has 78 valence electrons. The van der Waals surface area contributed by atoms with E-state index in [0.29, 0.717) is 11.5 Å². The largest absolute Gasteiger partial charge is 0.361 e. The molecule has 14 heavy (non-hydrogen) atoms. The number of pyridine rings is 1. The molecule has 0 atom stereocenters. The van der Waals surface area contributed by atoms with Gasteiger partial charge in [-0.25, -0.2) is 10.1 Å². The van der Waals surface area contributed by atoms with Gasteiger partial charge in [-0.15, -0.1) is 0 Å². The van der Waals surface area contributed by atoms with Gasteiger partial charge in [-0.2, -0.15) is 8.42 Å². The van der Waals surface area contributed by atoms with Gasteiger partial charge in [0, 0.05) is 20.3 Å². The van der Waals surface area contributed by atoms with E-state index in [9.17, 15) is 8.42 Å². The minimum atomic E-state index is -3.75. The Kier molecular flexibility index (Phi) is 2.92. The fraction of sp³-hybridized carbons (Fsp3) is 0.286. The molecule has 1 heterocycles. The molecule has 0 fully saturated rings. The van der Waals surface area contributed by atoms with Crippen molar-refractivity contribution in [1.29, 1.82) is 0 Å². The van der Waals surface area contributed by atoms with Gasteiger partial charge in [-0.1, -0.05) is 0 Å². The third-order valence-electron chi connectivity index (χ3n) is 1.46. The summed E-state index contributed by atoms with van der Waals surface area (Å²) in [5.74, 6) is 0.515. The molecule has 0 radical (unpaired) electrons. The predicted octanol–water partition coefficient (Wildman–Crippen LogP) is -0.237. The van der Waals surface area contributed by atoms with Crippen molar-refractivity contribution in [2.24, 2.45) is 5.14 Å². The topological polar surface area (TPSA) is 88.3 Å². The van der Waals surface area contributed by atoms with Crippen LogP contribution in [0.1, 0.15) is 0 Å². The van der Waals surface area contributed by atoms with Crippen molar-refractivity contribution in [2.45, 2.75) is 0 Å². The van der Waals surface area contributed by atoms with Crippen LogP contribution in [0, 0.1) is 0 Å². The third-order valence-corrected chi connectivity index (χ3v) is 1.97. The van der Waals surface area contributed by atoms with Crippen molar-refractivity contribution >= 4 is 21.7 Å². The predicted molar refractivity (Wildman–Crippen MR) is 55.3 cm³/mol. The van der Waals surface area contributed by atoms with Crippen molar-refractivity contribution < 1.29 is 8.42 Å². The number of hydrogen-bond acceptors (Lipinski definition) is 4. The number of hydrogen-bond donors (Lipinski definition) is 2. The van der Waals surface area contributed by atoms with Crippen LogP contribution in [-0.2, 0) is 10.2 Å². The molecule has 6 nitrogen and oxygen atoms in total. The van der Waals surface area contributed by atoms with E-state index in [1.165, 1.54) is 0 Å². The van der Waals surface area contributed by atoms with Gasteiger partial charge in [0.25, 0.3) is 10.2 Å². The molecule has 3 N–H and O–H groups in total. The molecule has 1 rings (SSSR count). The number of nitrogens with one attached hydrogen (secondary N) is 1. The molecule has 0 amide bonds. The number of rotatable bonds is 3. The normalized spacial score (nSPS) is 11.1. The van der Waals surface area contributed by atoms with E-state index in [1.807, 2.05) is 0 Å². The van der Waals surface area contributed by atoms with Gasteiger partial charge >= 0.3 is 0 Å². The molecule has 1 aromatic heterocycles. The third kappa shape index (κ3) is 2.86. The van der Waals surface area contributed by atoms with Gasteiger partial charge in [0.15, 0.2) is 5.82 Å². The van der Waals surface area contributed by atoms with Crippen molar-refractivity contribution in [3.8, 4) is 0 Å². The van der Waals surface area contributed by atoms with Crippen LogP contribution in [0.5, 0.6) is 0 Å². The van der Waals surface area contributed by atoms with E-state index in [-0.39, 0.29) is 0 Å². The number of anilines is 2. The second-order valence-corrected chi connectivity index (χ2v) is 4.21. The summed E-state index contributed by atoms with van der Waals surface area (Å²) in [6.45, 7) is 0. The zero-order valence-electron chi connectivity index (χ0n) is 7.93. The summed E-state index contributed by atoms with van der Waals surface area (Å²) in [7, 11) is -0.229. The molecular formula is C7H12N4O2S. The maximum absolute atomic E-state index is 10.8. The summed E-state index contributed by atoms with van der Waals surface area (Å²) in [4.78, 5) is 5.69. The van der Waals surface area contributed by atoms with Gasteiger partial charge in [0.2, 0.25) is 0 Å². The first kappa shape index (κ1) is 10.7. The van der Waals surface area contributed by atoms with Gasteiger partial charge in [0.1, 0.15) is 0 Å². The maximum Gasteiger partial charge on any atom is 0.296 e. The molecule has 0 aliphatic rings. The summed E-state index contributed by atoms with van der Waals surface area (Å²) in [6.07, 6.45) is 1.57. The number of nitrogens with zero attached hydrogens (tertiary/aromatic N) is 2. The Labute approximate surface area is 82.9 Å². The van der Waals surface area contributed by atoms with Crippen LogP contribution < -0.4 is 14.8 Å². The summed E-state index contributed by atoms with van der Waals surface area (Å²) in [5, 5.41) is 4.85. The minimum Gasteiger partial charge on any atom is -0.361 e. The van der Waals surface area contributed by atoms with E-state index in [0.717, 1.165) is 0 Å². The molecule has 0 aromatic carbocycles. The molecule has 0 unspecified atom stereocenters. The highest BCUT2D eigenvalue weighted by molar-refractivity contribution is 7.90. The Morgan fingerprint density at radius 2 is 2.14 bits per heavy atom. The maximum atomic E-state index is 10.8. The van der Waals surface area contributed by atoms with Gasteiger partial charge < -0.3 is 4.90 Å². The molecule has 0 aliphatic carbocycles. The average Bonchev–Trinajstić information content (AvgIpc) is 2.01. The second kappa shape index (κ2) is 3.81. The minimum absolute atomic E-state index is 0.361. The Balaban J connectivity index is 3.08. The fourth-order valence-corrected chi connectivity index (χ4v) is 1.45. The summed E-state index contributed by atoms with van der Waals surface area (Å²) in [6, 6.07) is 3.22. The van der Waals surface area contributed by atoms with Crippen molar-refractivity contribution in [3.05, 3.63) is 18.3 Å². The molecule has 7 heteroatoms. The number of nitrogens with two attached hydrogens (primary N) is 1. The quantitative estimate of drug-likeness (QED) is 0.730. The van der Waals surface area contributed by atoms with Gasteiger partial charge in [-0.05, 0) is 12.1 Å². The van der Waals surface area contributed by atoms with Crippen LogP contribution in [0.15, 0.2) is 18.3 Å². The lowest BCUT2D eigenvalue weighted by molar-refractivity contribution is 0.603. The molecule has 0 spiro atoms. The lowest BCUT2D eigenvalue weighted by Crippen LogP contribution is -2.23. The Morgan fingerprint density at radius 1 is 1.50 bits per heavy atom. The van der Waals surface area contributed by atoms with E-state index in [1.54, 1.807) is 37.3 Å². The molecule has 0 saturated heterocycles. The fourth-order valence-electron chi connectivity index (χ4n) is 0.986. The van der Waals surface area contributed by atoms with Crippen molar-refractivity contribution in [1.82, 2.24) is 4.98 Å². The van der Waals surface area contributed by atoms with Crippen LogP contribution in [0.3, 0.4) is 0 Å². The van der Waals surface area contributed by atoms with E-state index >= 15 is 0 Å². The lowest BCUT2D eigenvalue weighted by Gasteiger charge is -2.15. The molecule has 0 saturated carbocycles. The number of aromatic nitrogens is 1. The standard InChI is InChI=1S/C7H12N4O2S/c1-11(2)7-6(4-3-5-9-7)10-14(8,12)13/h3-5,10H,1-2H3,(H2,8,12,13). The lowest BCUT2D eigenvalue weighted by atomic mass is 10.4. The summed E-state index contributed by atoms with van der Waals surface area (Å²) >= 11 is 0. The van der Waals surface area contributed by atoms with Gasteiger partial charge in [-0.3, -0.25) is 4.72 Å². The monoisotopic (exact) mass is 216 g/mol. The van der Waals surface area contributed by atoms with Gasteiger partial charge in [0.05, 0.1) is 5.69 Å². The van der Waals surface area contributed by atoms with Crippen LogP contribution in [-0.4, -0.2) is 27.5 Å². The molecule has 1 aromatic rings. The van der Waals surface area contributed by atoms with E-state index < -0.39 is 10.2 Å². The first-order valence-corrected chi connectivity index (χ1v) is 5.37. The highest BCUT2D eigenvalue weighted by Crippen LogP contribution is 2.20. The first-order valence-electron chi connectivity index (χ1n) is 3.83. The van der Waals surface area contributed by atoms with Crippen LogP contribution in [0.4, 0.5) is 11.5 Å². The van der Waals surface area contributed by atoms with Crippen molar-refractivity contribution in [3.63, 3.8) is 0 Å². The van der Waals surface area contributed by atoms with Crippen LogP contribution in [0.25, 0.3) is 0 Å². The van der Waals surface area contributed by atoms with E-state index in [2.05, 4.69) is 9.71 Å². The Morgan fingerprint density at radius 3 is 2.64 bits per heavy atom. The molecule has 0 aliphatic heterocycles. The smallest absolute Gasteiger partial charge is 0.296 e. The van der Waals surface area contributed by atoms with Crippen LogP contribution in [0.2, 0.25) is 0 Å². The summed E-state index contributed by atoms with van der Waals surface area (Å²) in [5.41, 5.74) is 0.361. The highest BCUT2D eigenvalue weighted by atomic mass is 32.2. The SMILES string of the molecule is CN(C)c1ncccc1NS(N)(=O)=O. The molecule has 0 bridgehead atoms. The Bertz CT molecular complexity index is 415. The Hall–Kier alpha value is -1.34.